The van der Waals surface area contributed by atoms with Gasteiger partial charge in [0.15, 0.2) is 5.82 Å². The van der Waals surface area contributed by atoms with Crippen LogP contribution in [0.2, 0.25) is 0 Å². The molecule has 0 radical (unpaired) electrons. The molecule has 11 heteroatoms. The summed E-state index contributed by atoms with van der Waals surface area (Å²) in [6, 6.07) is 12.2. The lowest BCUT2D eigenvalue weighted by Gasteiger charge is -2.20. The van der Waals surface area contributed by atoms with E-state index in [0.29, 0.717) is 23.4 Å². The molecular weight excluding hydrogens is 444 g/mol. The van der Waals surface area contributed by atoms with Crippen LogP contribution in [0.15, 0.2) is 54.6 Å². The lowest BCUT2D eigenvalue weighted by Crippen LogP contribution is -2.40. The number of carbonyl (C=O) groups excluding carboxylic acids is 2. The average Bonchev–Trinajstić information content (AvgIpc) is 3.17. The normalized spacial score (nSPS) is 16.2. The van der Waals surface area contributed by atoms with Crippen LogP contribution in [-0.4, -0.2) is 34.5 Å². The van der Waals surface area contributed by atoms with Crippen LogP contribution in [0.3, 0.4) is 0 Å². The molecule has 33 heavy (non-hydrogen) atoms. The summed E-state index contributed by atoms with van der Waals surface area (Å²) in [5.74, 6) is -1.79. The van der Waals surface area contributed by atoms with E-state index in [1.165, 1.54) is 47.1 Å². The number of halogens is 4. The Morgan fingerprint density at radius 1 is 1.15 bits per heavy atom. The van der Waals surface area contributed by atoms with Crippen molar-refractivity contribution in [3.05, 3.63) is 60.4 Å². The Hall–Kier alpha value is -3.89. The highest BCUT2D eigenvalue weighted by molar-refractivity contribution is 5.93. The van der Waals surface area contributed by atoms with Gasteiger partial charge in [-0.2, -0.15) is 0 Å². The topological polar surface area (TPSA) is 85.2 Å². The van der Waals surface area contributed by atoms with Gasteiger partial charge in [0.1, 0.15) is 11.6 Å². The number of hydrogen-bond donors (Lipinski definition) is 2. The lowest BCUT2D eigenvalue weighted by molar-refractivity contribution is -0.274. The quantitative estimate of drug-likeness (QED) is 0.561. The maximum Gasteiger partial charge on any atom is 0.573 e. The Morgan fingerprint density at radius 2 is 1.94 bits per heavy atom. The predicted molar refractivity (Wildman–Crippen MR) is 110 cm³/mol. The maximum atomic E-state index is 13.8. The van der Waals surface area contributed by atoms with Crippen LogP contribution in [0, 0.1) is 11.7 Å². The fourth-order valence-corrected chi connectivity index (χ4v) is 3.49. The zero-order valence-electron chi connectivity index (χ0n) is 17.0. The van der Waals surface area contributed by atoms with Gasteiger partial charge < -0.3 is 15.4 Å². The van der Waals surface area contributed by atoms with E-state index in [0.717, 1.165) is 6.07 Å². The Kier molecular flexibility index (Phi) is 6.03. The zero-order chi connectivity index (χ0) is 23.6. The molecule has 0 saturated carbocycles. The Balaban J connectivity index is 1.68. The van der Waals surface area contributed by atoms with E-state index in [1.807, 2.05) is 0 Å². The minimum atomic E-state index is -4.87. The summed E-state index contributed by atoms with van der Waals surface area (Å²) >= 11 is 0. The van der Waals surface area contributed by atoms with Gasteiger partial charge >= 0.3 is 6.36 Å². The summed E-state index contributed by atoms with van der Waals surface area (Å²) in [6.07, 6.45) is -4.25. The molecule has 1 unspecified atom stereocenters. The summed E-state index contributed by atoms with van der Waals surface area (Å²) < 4.78 is 57.1. The molecule has 172 valence electrons. The molecule has 4 rings (SSSR count). The number of piperidine rings is 1. The highest BCUT2D eigenvalue weighted by Gasteiger charge is 2.31. The Morgan fingerprint density at radius 3 is 2.64 bits per heavy atom. The molecular formula is C22H18F4N4O3. The first-order valence-corrected chi connectivity index (χ1v) is 9.98. The van der Waals surface area contributed by atoms with E-state index >= 15 is 0 Å². The molecule has 1 saturated heterocycles. The second-order valence-electron chi connectivity index (χ2n) is 7.41. The number of anilines is 1. The van der Waals surface area contributed by atoms with Crippen molar-refractivity contribution in [1.82, 2.24) is 15.1 Å². The summed E-state index contributed by atoms with van der Waals surface area (Å²) in [7, 11) is 0. The minimum absolute atomic E-state index is 0.123. The molecule has 0 spiro atoms. The molecule has 1 aliphatic rings. The third-order valence-electron chi connectivity index (χ3n) is 5.01. The minimum Gasteiger partial charge on any atom is -0.406 e. The van der Waals surface area contributed by atoms with E-state index in [1.54, 1.807) is 6.07 Å². The van der Waals surface area contributed by atoms with Crippen LogP contribution in [0.5, 0.6) is 5.75 Å². The third kappa shape index (κ3) is 5.48. The summed E-state index contributed by atoms with van der Waals surface area (Å²) in [4.78, 5) is 23.9. The lowest BCUT2D eigenvalue weighted by atomic mass is 9.98. The van der Waals surface area contributed by atoms with Gasteiger partial charge in [-0.05, 0) is 36.8 Å². The second-order valence-corrected chi connectivity index (χ2v) is 7.41. The molecule has 2 amide bonds. The summed E-state index contributed by atoms with van der Waals surface area (Å²) in [5.41, 5.74) is 0.914. The van der Waals surface area contributed by atoms with E-state index in [-0.39, 0.29) is 30.6 Å². The SMILES string of the molecule is O=C1CCC(C(=O)Nc2cc(-c3cccc(OC(F)(F)F)c3)n(-c3cccc(F)c3)n2)CN1. The van der Waals surface area contributed by atoms with Gasteiger partial charge in [-0.1, -0.05) is 18.2 Å². The van der Waals surface area contributed by atoms with Crippen molar-refractivity contribution in [2.75, 3.05) is 11.9 Å². The monoisotopic (exact) mass is 462 g/mol. The van der Waals surface area contributed by atoms with E-state index in [2.05, 4.69) is 20.5 Å². The van der Waals surface area contributed by atoms with Crippen molar-refractivity contribution in [1.29, 1.82) is 0 Å². The summed E-state index contributed by atoms with van der Waals surface area (Å²) in [6.45, 7) is 0.193. The van der Waals surface area contributed by atoms with Gasteiger partial charge in [0, 0.05) is 24.6 Å². The molecule has 0 bridgehead atoms. The Labute approximate surface area is 185 Å². The van der Waals surface area contributed by atoms with E-state index in [9.17, 15) is 27.2 Å². The zero-order valence-corrected chi connectivity index (χ0v) is 17.0. The second kappa shape index (κ2) is 8.93. The van der Waals surface area contributed by atoms with Crippen molar-refractivity contribution < 1.29 is 31.9 Å². The number of aromatic nitrogens is 2. The first kappa shape index (κ1) is 22.3. The van der Waals surface area contributed by atoms with Gasteiger partial charge in [-0.25, -0.2) is 9.07 Å². The van der Waals surface area contributed by atoms with Crippen LogP contribution in [0.4, 0.5) is 23.4 Å². The molecule has 2 aromatic carbocycles. The first-order valence-electron chi connectivity index (χ1n) is 9.98. The summed E-state index contributed by atoms with van der Waals surface area (Å²) in [5, 5.41) is 9.61. The van der Waals surface area contributed by atoms with Gasteiger partial charge in [-0.3, -0.25) is 9.59 Å². The smallest absolute Gasteiger partial charge is 0.406 e. The molecule has 1 fully saturated rings. The van der Waals surface area contributed by atoms with Crippen LogP contribution >= 0.6 is 0 Å². The number of nitrogens with zero attached hydrogens (tertiary/aromatic N) is 2. The van der Waals surface area contributed by atoms with Crippen LogP contribution < -0.4 is 15.4 Å². The molecule has 2 heterocycles. The predicted octanol–water partition coefficient (Wildman–Crippen LogP) is 4.04. The number of carbonyl (C=O) groups is 2. The number of ether oxygens (including phenoxy) is 1. The molecule has 1 aromatic heterocycles. The number of nitrogens with one attached hydrogen (secondary N) is 2. The molecule has 1 atom stereocenters. The fraction of sp³-hybridized carbons (Fsp3) is 0.227. The standard InChI is InChI=1S/C22H18F4N4O3/c23-15-4-2-5-16(10-15)30-18(13-3-1-6-17(9-13)33-22(24,25)26)11-19(29-30)28-21(32)14-7-8-20(31)27-12-14/h1-6,9-11,14H,7-8,12H2,(H,27,31)(H,28,29,32). The average molecular weight is 462 g/mol. The van der Waals surface area contributed by atoms with E-state index in [4.69, 9.17) is 0 Å². The Bertz CT molecular complexity index is 1180. The number of hydrogen-bond acceptors (Lipinski definition) is 4. The molecule has 7 nitrogen and oxygen atoms in total. The van der Waals surface area contributed by atoms with Gasteiger partial charge in [0.2, 0.25) is 11.8 Å². The maximum absolute atomic E-state index is 13.8. The number of amides is 2. The van der Waals surface area contributed by atoms with Gasteiger partial charge in [-0.15, -0.1) is 18.3 Å². The molecule has 1 aliphatic heterocycles. The van der Waals surface area contributed by atoms with Gasteiger partial charge in [0.25, 0.3) is 0 Å². The van der Waals surface area contributed by atoms with Crippen molar-refractivity contribution in [2.45, 2.75) is 19.2 Å². The largest absolute Gasteiger partial charge is 0.573 e. The fourth-order valence-electron chi connectivity index (χ4n) is 3.49. The van der Waals surface area contributed by atoms with Crippen LogP contribution in [-0.2, 0) is 9.59 Å². The third-order valence-corrected chi connectivity index (χ3v) is 5.01. The van der Waals surface area contributed by atoms with E-state index < -0.39 is 23.8 Å². The highest BCUT2D eigenvalue weighted by atomic mass is 19.4. The first-order chi connectivity index (χ1) is 15.7. The van der Waals surface area contributed by atoms with Gasteiger partial charge in [0.05, 0.1) is 17.3 Å². The van der Waals surface area contributed by atoms with Crippen LogP contribution in [0.1, 0.15) is 12.8 Å². The number of benzene rings is 2. The number of alkyl halides is 3. The molecule has 3 aromatic rings. The van der Waals surface area contributed by atoms with Crippen molar-refractivity contribution in [2.24, 2.45) is 5.92 Å². The van der Waals surface area contributed by atoms with Crippen LogP contribution in [0.25, 0.3) is 16.9 Å². The molecule has 0 aliphatic carbocycles. The van der Waals surface area contributed by atoms with Crippen molar-refractivity contribution in [3.63, 3.8) is 0 Å². The van der Waals surface area contributed by atoms with Crippen molar-refractivity contribution in [3.8, 4) is 22.7 Å². The highest BCUT2D eigenvalue weighted by Crippen LogP contribution is 2.31. The van der Waals surface area contributed by atoms with Crippen molar-refractivity contribution >= 4 is 17.6 Å². The number of rotatable bonds is 5. The molecule has 2 N–H and O–H groups in total.